The second-order valence-electron chi connectivity index (χ2n) is 4.20. The van der Waals surface area contributed by atoms with Crippen LogP contribution in [0.1, 0.15) is 19.3 Å². The minimum absolute atomic E-state index is 0.0294. The van der Waals surface area contributed by atoms with Crippen LogP contribution in [-0.4, -0.2) is 58.4 Å². The molecule has 88 valence electrons. The van der Waals surface area contributed by atoms with Crippen molar-refractivity contribution in [3.8, 4) is 0 Å². The number of carboxylic acid groups (broad SMARTS) is 1. The van der Waals surface area contributed by atoms with Crippen LogP contribution in [0, 0.1) is 0 Å². The monoisotopic (exact) mass is 226 g/mol. The van der Waals surface area contributed by atoms with E-state index in [0.717, 1.165) is 17.7 Å². The lowest BCUT2D eigenvalue weighted by Gasteiger charge is -2.24. The zero-order chi connectivity index (χ0) is 11.7. The van der Waals surface area contributed by atoms with E-state index < -0.39 is 12.1 Å². The molecule has 2 amide bonds. The Balaban J connectivity index is 2.09. The molecule has 0 aromatic heterocycles. The summed E-state index contributed by atoms with van der Waals surface area (Å²) in [4.78, 5) is 36.7. The highest BCUT2D eigenvalue weighted by Crippen LogP contribution is 2.19. The summed E-state index contributed by atoms with van der Waals surface area (Å²) in [6.07, 6.45) is 0.754. The number of carbonyl (C=O) groups excluding carboxylic acids is 2. The van der Waals surface area contributed by atoms with Gasteiger partial charge in [0.2, 0.25) is 5.91 Å². The minimum atomic E-state index is -1.19. The summed E-state index contributed by atoms with van der Waals surface area (Å²) < 4.78 is 0. The predicted molar refractivity (Wildman–Crippen MR) is 54.0 cm³/mol. The SMILES string of the molecule is O=C1C[C@@H](C(=O)N2CCCC2)N(C(=O)O)C1. The predicted octanol–water partition coefficient (Wildman–Crippen LogP) is -0.0698. The molecule has 2 aliphatic heterocycles. The summed E-state index contributed by atoms with van der Waals surface area (Å²) in [6, 6.07) is -0.789. The number of ketones is 1. The van der Waals surface area contributed by atoms with Gasteiger partial charge >= 0.3 is 6.09 Å². The van der Waals surface area contributed by atoms with Crippen LogP contribution in [0.3, 0.4) is 0 Å². The molecule has 6 heteroatoms. The molecule has 0 spiro atoms. The second-order valence-corrected chi connectivity index (χ2v) is 4.20. The summed E-state index contributed by atoms with van der Waals surface area (Å²) >= 11 is 0. The van der Waals surface area contributed by atoms with Crippen LogP contribution in [0.25, 0.3) is 0 Å². The lowest BCUT2D eigenvalue weighted by Crippen LogP contribution is -2.46. The third-order valence-corrected chi connectivity index (χ3v) is 3.09. The molecule has 6 nitrogen and oxygen atoms in total. The molecule has 2 fully saturated rings. The summed E-state index contributed by atoms with van der Waals surface area (Å²) in [5, 5.41) is 8.90. The number of Topliss-reactive ketones (excluding diaryl/α,β-unsaturated/α-hetero) is 1. The smallest absolute Gasteiger partial charge is 0.408 e. The lowest BCUT2D eigenvalue weighted by atomic mass is 10.2. The third kappa shape index (κ3) is 1.87. The fraction of sp³-hybridized carbons (Fsp3) is 0.700. The number of hydrogen-bond acceptors (Lipinski definition) is 3. The fourth-order valence-corrected chi connectivity index (χ4v) is 2.26. The molecule has 0 aromatic carbocycles. The topological polar surface area (TPSA) is 77.9 Å². The van der Waals surface area contributed by atoms with Crippen LogP contribution in [0.5, 0.6) is 0 Å². The largest absolute Gasteiger partial charge is 0.465 e. The zero-order valence-corrected chi connectivity index (χ0v) is 8.89. The van der Waals surface area contributed by atoms with Gasteiger partial charge in [0, 0.05) is 19.5 Å². The van der Waals surface area contributed by atoms with Crippen molar-refractivity contribution in [1.29, 1.82) is 0 Å². The molecule has 2 aliphatic rings. The molecule has 0 unspecified atom stereocenters. The van der Waals surface area contributed by atoms with Crippen LogP contribution in [0.2, 0.25) is 0 Å². The molecule has 2 heterocycles. The molecular weight excluding hydrogens is 212 g/mol. The molecule has 1 atom stereocenters. The van der Waals surface area contributed by atoms with E-state index in [1.165, 1.54) is 0 Å². The Morgan fingerprint density at radius 1 is 1.25 bits per heavy atom. The van der Waals surface area contributed by atoms with E-state index in [2.05, 4.69) is 0 Å². The van der Waals surface area contributed by atoms with Gasteiger partial charge in [-0.15, -0.1) is 0 Å². The average Bonchev–Trinajstić information content (AvgIpc) is 2.84. The first-order chi connectivity index (χ1) is 7.59. The molecule has 1 N–H and O–H groups in total. The summed E-state index contributed by atoms with van der Waals surface area (Å²) in [6.45, 7) is 1.20. The summed E-state index contributed by atoms with van der Waals surface area (Å²) in [7, 11) is 0. The standard InChI is InChI=1S/C10H14N2O4/c13-7-5-8(12(6-7)10(15)16)9(14)11-3-1-2-4-11/h8H,1-6H2,(H,15,16)/t8-/m0/s1. The van der Waals surface area contributed by atoms with Gasteiger partial charge in [0.05, 0.1) is 6.54 Å². The Bertz CT molecular complexity index is 336. The van der Waals surface area contributed by atoms with Crippen LogP contribution >= 0.6 is 0 Å². The van der Waals surface area contributed by atoms with Gasteiger partial charge in [-0.1, -0.05) is 0 Å². The van der Waals surface area contributed by atoms with Crippen molar-refractivity contribution in [2.75, 3.05) is 19.6 Å². The number of rotatable bonds is 1. The van der Waals surface area contributed by atoms with E-state index >= 15 is 0 Å². The maximum Gasteiger partial charge on any atom is 0.408 e. The maximum atomic E-state index is 12.0. The van der Waals surface area contributed by atoms with Gasteiger partial charge in [0.1, 0.15) is 6.04 Å². The van der Waals surface area contributed by atoms with Gasteiger partial charge in [0.25, 0.3) is 0 Å². The van der Waals surface area contributed by atoms with Gasteiger partial charge in [-0.3, -0.25) is 14.5 Å². The van der Waals surface area contributed by atoms with E-state index in [9.17, 15) is 14.4 Å². The van der Waals surface area contributed by atoms with Gasteiger partial charge in [-0.2, -0.15) is 0 Å². The molecule has 0 aliphatic carbocycles. The fourth-order valence-electron chi connectivity index (χ4n) is 2.26. The van der Waals surface area contributed by atoms with E-state index in [1.807, 2.05) is 0 Å². The average molecular weight is 226 g/mol. The third-order valence-electron chi connectivity index (χ3n) is 3.09. The van der Waals surface area contributed by atoms with Gasteiger partial charge < -0.3 is 10.0 Å². The van der Waals surface area contributed by atoms with Crippen LogP contribution in [0.15, 0.2) is 0 Å². The van der Waals surface area contributed by atoms with Crippen molar-refractivity contribution in [2.45, 2.75) is 25.3 Å². The highest BCUT2D eigenvalue weighted by Gasteiger charge is 2.41. The normalized spacial score (nSPS) is 25.2. The van der Waals surface area contributed by atoms with E-state index in [1.54, 1.807) is 4.90 Å². The number of likely N-dealkylation sites (tertiary alicyclic amines) is 2. The molecular formula is C10H14N2O4. The first-order valence-corrected chi connectivity index (χ1v) is 5.39. The molecule has 0 aromatic rings. The molecule has 0 radical (unpaired) electrons. The Kier molecular flexibility index (Phi) is 2.80. The van der Waals surface area contributed by atoms with Crippen molar-refractivity contribution in [3.05, 3.63) is 0 Å². The number of carbonyl (C=O) groups is 3. The zero-order valence-electron chi connectivity index (χ0n) is 8.89. The van der Waals surface area contributed by atoms with E-state index in [-0.39, 0.29) is 24.7 Å². The molecule has 2 saturated heterocycles. The van der Waals surface area contributed by atoms with Crippen molar-refractivity contribution < 1.29 is 19.5 Å². The Labute approximate surface area is 92.8 Å². The highest BCUT2D eigenvalue weighted by atomic mass is 16.4. The second kappa shape index (κ2) is 4.11. The summed E-state index contributed by atoms with van der Waals surface area (Å²) in [5.41, 5.74) is 0. The van der Waals surface area contributed by atoms with Crippen LogP contribution < -0.4 is 0 Å². The Morgan fingerprint density at radius 3 is 2.44 bits per heavy atom. The number of amides is 2. The highest BCUT2D eigenvalue weighted by molar-refractivity contribution is 5.97. The van der Waals surface area contributed by atoms with E-state index in [0.29, 0.717) is 13.1 Å². The Hall–Kier alpha value is -1.59. The van der Waals surface area contributed by atoms with Crippen molar-refractivity contribution in [3.63, 3.8) is 0 Å². The van der Waals surface area contributed by atoms with Gasteiger partial charge in [0.15, 0.2) is 5.78 Å². The summed E-state index contributed by atoms with van der Waals surface area (Å²) in [5.74, 6) is -0.398. The van der Waals surface area contributed by atoms with Crippen LogP contribution in [-0.2, 0) is 9.59 Å². The van der Waals surface area contributed by atoms with Crippen molar-refractivity contribution in [1.82, 2.24) is 9.80 Å². The molecule has 16 heavy (non-hydrogen) atoms. The number of nitrogens with zero attached hydrogens (tertiary/aromatic N) is 2. The molecule has 0 bridgehead atoms. The molecule has 0 saturated carbocycles. The van der Waals surface area contributed by atoms with Crippen molar-refractivity contribution >= 4 is 17.8 Å². The molecule has 2 rings (SSSR count). The quantitative estimate of drug-likeness (QED) is 0.679. The Morgan fingerprint density at radius 2 is 1.88 bits per heavy atom. The van der Waals surface area contributed by atoms with Crippen LogP contribution in [0.4, 0.5) is 4.79 Å². The van der Waals surface area contributed by atoms with Gasteiger partial charge in [-0.05, 0) is 12.8 Å². The first-order valence-electron chi connectivity index (χ1n) is 5.39. The minimum Gasteiger partial charge on any atom is -0.465 e. The van der Waals surface area contributed by atoms with Gasteiger partial charge in [-0.25, -0.2) is 4.79 Å². The number of hydrogen-bond donors (Lipinski definition) is 1. The first kappa shape index (κ1) is 10.9. The van der Waals surface area contributed by atoms with Crippen molar-refractivity contribution in [2.24, 2.45) is 0 Å². The maximum absolute atomic E-state index is 12.0. The lowest BCUT2D eigenvalue weighted by molar-refractivity contribution is -0.134. The van der Waals surface area contributed by atoms with E-state index in [4.69, 9.17) is 5.11 Å².